The topological polar surface area (TPSA) is 154 Å². The van der Waals surface area contributed by atoms with Gasteiger partial charge < -0.3 is 11.1 Å². The Morgan fingerprint density at radius 3 is 2.70 bits per heavy atom. The van der Waals surface area contributed by atoms with Crippen LogP contribution in [0.1, 0.15) is 0 Å². The Morgan fingerprint density at radius 2 is 2.04 bits per heavy atom. The summed E-state index contributed by atoms with van der Waals surface area (Å²) in [5.41, 5.74) is 6.35. The van der Waals surface area contributed by atoms with Gasteiger partial charge in [0.1, 0.15) is 0 Å². The van der Waals surface area contributed by atoms with E-state index >= 15 is 0 Å². The van der Waals surface area contributed by atoms with Gasteiger partial charge in [-0.2, -0.15) is 0 Å². The molecule has 0 bridgehead atoms. The largest absolute Gasteiger partial charge is 0.375 e. The van der Waals surface area contributed by atoms with Crippen molar-refractivity contribution in [3.05, 3.63) is 44.1 Å². The molecule has 0 aliphatic carbocycles. The lowest BCUT2D eigenvalue weighted by Gasteiger charge is -2.07. The fourth-order valence-electron chi connectivity index (χ4n) is 2.14. The second-order valence-electron chi connectivity index (χ2n) is 5.27. The Balaban J connectivity index is 1.99. The van der Waals surface area contributed by atoms with Crippen LogP contribution in [0.4, 0.5) is 22.5 Å². The summed E-state index contributed by atoms with van der Waals surface area (Å²) in [6.45, 7) is 0. The molecule has 0 atom stereocenters. The van der Waals surface area contributed by atoms with E-state index in [0.717, 1.165) is 17.6 Å². The standard InChI is InChI=1S/C14H11IN6O4S2/c1-27(24,25)12-11(26-13(16)20-12)9-4-5-17-14(19-9)18-7-2-3-8(15)10(6-7)21(22)23/h2-6H,1H3,(H2,16,20)(H,17,18,19). The van der Waals surface area contributed by atoms with Gasteiger partial charge in [0, 0.05) is 24.2 Å². The third-order valence-corrected chi connectivity index (χ3v) is 6.20. The van der Waals surface area contributed by atoms with Crippen molar-refractivity contribution >= 4 is 66.2 Å². The zero-order chi connectivity index (χ0) is 19.8. The predicted octanol–water partition coefficient (Wildman–Crippen LogP) is 2.84. The molecule has 0 unspecified atom stereocenters. The summed E-state index contributed by atoms with van der Waals surface area (Å²) < 4.78 is 24.3. The average molecular weight is 518 g/mol. The molecule has 140 valence electrons. The normalized spacial score (nSPS) is 11.3. The molecule has 13 heteroatoms. The van der Waals surface area contributed by atoms with Crippen molar-refractivity contribution in [2.45, 2.75) is 5.03 Å². The molecular formula is C14H11IN6O4S2. The summed E-state index contributed by atoms with van der Waals surface area (Å²) in [6.07, 6.45) is 2.48. The summed E-state index contributed by atoms with van der Waals surface area (Å²) in [5.74, 6) is 0.148. The van der Waals surface area contributed by atoms with Crippen LogP contribution in [0.25, 0.3) is 10.6 Å². The van der Waals surface area contributed by atoms with Crippen LogP contribution >= 0.6 is 33.9 Å². The van der Waals surface area contributed by atoms with Crippen molar-refractivity contribution in [1.29, 1.82) is 0 Å². The third kappa shape index (κ3) is 4.30. The first-order valence-electron chi connectivity index (χ1n) is 7.16. The zero-order valence-corrected chi connectivity index (χ0v) is 17.4. The van der Waals surface area contributed by atoms with E-state index in [-0.39, 0.29) is 21.8 Å². The van der Waals surface area contributed by atoms with E-state index in [9.17, 15) is 18.5 Å². The van der Waals surface area contributed by atoms with E-state index in [4.69, 9.17) is 5.73 Å². The maximum Gasteiger partial charge on any atom is 0.284 e. The molecule has 2 aromatic heterocycles. The lowest BCUT2D eigenvalue weighted by molar-refractivity contribution is -0.385. The number of nitrogens with two attached hydrogens (primary N) is 1. The van der Waals surface area contributed by atoms with E-state index in [2.05, 4.69) is 20.3 Å². The molecule has 0 saturated carbocycles. The van der Waals surface area contributed by atoms with Crippen LogP contribution in [0.3, 0.4) is 0 Å². The van der Waals surface area contributed by atoms with Gasteiger partial charge in [-0.25, -0.2) is 23.4 Å². The number of nitro benzene ring substituents is 1. The van der Waals surface area contributed by atoms with Gasteiger partial charge in [-0.15, -0.1) is 0 Å². The molecule has 0 saturated heterocycles. The van der Waals surface area contributed by atoms with Gasteiger partial charge in [-0.05, 0) is 40.8 Å². The number of anilines is 3. The first kappa shape index (κ1) is 19.4. The minimum Gasteiger partial charge on any atom is -0.375 e. The molecule has 3 N–H and O–H groups in total. The number of nitrogens with one attached hydrogen (secondary N) is 1. The summed E-state index contributed by atoms with van der Waals surface area (Å²) in [6, 6.07) is 6.14. The molecular weight excluding hydrogens is 507 g/mol. The lowest BCUT2D eigenvalue weighted by Crippen LogP contribution is -2.02. The van der Waals surface area contributed by atoms with E-state index in [1.807, 2.05) is 22.6 Å². The molecule has 0 aliphatic heterocycles. The van der Waals surface area contributed by atoms with Crippen molar-refractivity contribution in [3.8, 4) is 10.6 Å². The van der Waals surface area contributed by atoms with Crippen molar-refractivity contribution in [3.63, 3.8) is 0 Å². The molecule has 10 nitrogen and oxygen atoms in total. The number of nitrogens with zero attached hydrogens (tertiary/aromatic N) is 4. The number of sulfone groups is 1. The van der Waals surface area contributed by atoms with Gasteiger partial charge in [-0.1, -0.05) is 11.3 Å². The molecule has 0 spiro atoms. The molecule has 0 fully saturated rings. The average Bonchev–Trinajstić information content (AvgIpc) is 2.99. The summed E-state index contributed by atoms with van der Waals surface area (Å²) >= 11 is 2.87. The summed E-state index contributed by atoms with van der Waals surface area (Å²) in [7, 11) is -3.59. The quantitative estimate of drug-likeness (QED) is 0.295. The Labute approximate surface area is 171 Å². The Hall–Kier alpha value is -2.39. The highest BCUT2D eigenvalue weighted by Gasteiger charge is 2.22. The Kier molecular flexibility index (Phi) is 5.25. The molecule has 1 aromatic carbocycles. The van der Waals surface area contributed by atoms with Crippen LogP contribution in [0.15, 0.2) is 35.5 Å². The van der Waals surface area contributed by atoms with Crippen LogP contribution in [0, 0.1) is 13.7 Å². The van der Waals surface area contributed by atoms with Gasteiger partial charge in [0.2, 0.25) is 5.95 Å². The van der Waals surface area contributed by atoms with E-state index in [1.54, 1.807) is 12.1 Å². The van der Waals surface area contributed by atoms with Crippen LogP contribution in [-0.4, -0.2) is 34.5 Å². The highest BCUT2D eigenvalue weighted by atomic mass is 127. The number of rotatable bonds is 5. The van der Waals surface area contributed by atoms with Gasteiger partial charge in [-0.3, -0.25) is 10.1 Å². The number of hydrogen-bond acceptors (Lipinski definition) is 10. The highest BCUT2D eigenvalue weighted by Crippen LogP contribution is 2.34. The van der Waals surface area contributed by atoms with Crippen molar-refractivity contribution in [2.24, 2.45) is 0 Å². The minimum atomic E-state index is -3.59. The van der Waals surface area contributed by atoms with E-state index in [0.29, 0.717) is 19.8 Å². The second-order valence-corrected chi connectivity index (χ2v) is 9.40. The van der Waals surface area contributed by atoms with Gasteiger partial charge in [0.05, 0.1) is 19.1 Å². The molecule has 3 aromatic rings. The smallest absolute Gasteiger partial charge is 0.284 e. The fourth-order valence-corrected chi connectivity index (χ4v) is 4.71. The van der Waals surface area contributed by atoms with Gasteiger partial charge in [0.15, 0.2) is 20.0 Å². The number of halogens is 1. The summed E-state index contributed by atoms with van der Waals surface area (Å²) in [4.78, 5) is 23.1. The molecule has 0 radical (unpaired) electrons. The van der Waals surface area contributed by atoms with E-state index < -0.39 is 14.8 Å². The van der Waals surface area contributed by atoms with Crippen LogP contribution in [0.5, 0.6) is 0 Å². The van der Waals surface area contributed by atoms with Crippen molar-refractivity contribution in [2.75, 3.05) is 17.3 Å². The summed E-state index contributed by atoms with van der Waals surface area (Å²) in [5, 5.41) is 13.9. The molecule has 2 heterocycles. The number of hydrogen-bond donors (Lipinski definition) is 2. The second kappa shape index (κ2) is 7.32. The Bertz CT molecular complexity index is 1150. The molecule has 3 rings (SSSR count). The maximum atomic E-state index is 11.9. The third-order valence-electron chi connectivity index (χ3n) is 3.25. The molecule has 27 heavy (non-hydrogen) atoms. The first-order chi connectivity index (χ1) is 12.6. The lowest BCUT2D eigenvalue weighted by atomic mass is 10.3. The van der Waals surface area contributed by atoms with Gasteiger partial charge >= 0.3 is 0 Å². The SMILES string of the molecule is CS(=O)(=O)c1nc(N)sc1-c1ccnc(Nc2ccc(I)c([N+](=O)[O-])c2)n1. The van der Waals surface area contributed by atoms with E-state index in [1.165, 1.54) is 18.3 Å². The number of nitro groups is 1. The molecule has 0 amide bonds. The minimum absolute atomic E-state index is 0.0497. The van der Waals surface area contributed by atoms with Crippen LogP contribution < -0.4 is 11.1 Å². The maximum absolute atomic E-state index is 11.9. The van der Waals surface area contributed by atoms with Crippen molar-refractivity contribution in [1.82, 2.24) is 15.0 Å². The number of thiazole rings is 1. The highest BCUT2D eigenvalue weighted by molar-refractivity contribution is 14.1. The fraction of sp³-hybridized carbons (Fsp3) is 0.0714. The number of nitrogen functional groups attached to an aromatic ring is 1. The van der Waals surface area contributed by atoms with Crippen molar-refractivity contribution < 1.29 is 13.3 Å². The van der Waals surface area contributed by atoms with Gasteiger partial charge in [0.25, 0.3) is 5.69 Å². The molecule has 0 aliphatic rings. The predicted molar refractivity (Wildman–Crippen MR) is 110 cm³/mol. The number of aromatic nitrogens is 3. The monoisotopic (exact) mass is 518 g/mol. The van der Waals surface area contributed by atoms with Crippen LogP contribution in [0.2, 0.25) is 0 Å². The van der Waals surface area contributed by atoms with Crippen LogP contribution in [-0.2, 0) is 9.84 Å². The zero-order valence-electron chi connectivity index (χ0n) is 13.6. The first-order valence-corrected chi connectivity index (χ1v) is 10.9. The Morgan fingerprint density at radius 1 is 1.30 bits per heavy atom. The number of benzene rings is 1.